The summed E-state index contributed by atoms with van der Waals surface area (Å²) in [6.45, 7) is -0.0426. The van der Waals surface area contributed by atoms with Gasteiger partial charge in [0.25, 0.3) is 0 Å². The Balaban J connectivity index is 2.25. The van der Waals surface area contributed by atoms with Crippen molar-refractivity contribution in [3.05, 3.63) is 47.1 Å². The van der Waals surface area contributed by atoms with E-state index in [9.17, 15) is 5.11 Å². The summed E-state index contributed by atoms with van der Waals surface area (Å²) in [4.78, 5) is 4.53. The van der Waals surface area contributed by atoms with E-state index in [1.807, 2.05) is 0 Å². The van der Waals surface area contributed by atoms with Crippen molar-refractivity contribution in [2.24, 2.45) is 0 Å². The highest BCUT2D eigenvalue weighted by Gasteiger charge is 2.16. The topological polar surface area (TPSA) is 72.8 Å². The predicted molar refractivity (Wildman–Crippen MR) is 82.5 cm³/mol. The van der Waals surface area contributed by atoms with Crippen molar-refractivity contribution >= 4 is 23.1 Å². The van der Waals surface area contributed by atoms with Crippen LogP contribution in [0.1, 0.15) is 5.56 Å². The maximum atomic E-state index is 9.20. The van der Waals surface area contributed by atoms with Gasteiger partial charge in [-0.3, -0.25) is 4.40 Å². The molecule has 108 valence electrons. The molecule has 0 aliphatic carbocycles. The fourth-order valence-corrected chi connectivity index (χ4v) is 2.44. The minimum absolute atomic E-state index is 0.0426. The number of hydrogen-bond acceptors (Lipinski definition) is 4. The molecule has 2 aromatic heterocycles. The molecule has 0 radical (unpaired) electrons. The molecule has 0 atom stereocenters. The van der Waals surface area contributed by atoms with E-state index in [-0.39, 0.29) is 6.61 Å². The van der Waals surface area contributed by atoms with Gasteiger partial charge >= 0.3 is 0 Å². The Morgan fingerprint density at radius 1 is 1.33 bits per heavy atom. The Morgan fingerprint density at radius 3 is 2.86 bits per heavy atom. The zero-order chi connectivity index (χ0) is 15.0. The molecule has 0 saturated carbocycles. The van der Waals surface area contributed by atoms with E-state index in [0.29, 0.717) is 27.9 Å². The molecular weight excluding hydrogens is 290 g/mol. The van der Waals surface area contributed by atoms with Gasteiger partial charge < -0.3 is 15.6 Å². The van der Waals surface area contributed by atoms with Crippen molar-refractivity contribution in [1.82, 2.24) is 9.38 Å². The Labute approximate surface area is 126 Å². The molecule has 3 aromatic rings. The second-order valence-electron chi connectivity index (χ2n) is 4.61. The first-order chi connectivity index (χ1) is 10.1. The highest BCUT2D eigenvalue weighted by atomic mass is 35.5. The van der Waals surface area contributed by atoms with E-state index in [0.717, 1.165) is 11.1 Å². The third kappa shape index (κ3) is 2.30. The summed E-state index contributed by atoms with van der Waals surface area (Å²) in [6, 6.07) is 8.88. The molecule has 5 nitrogen and oxygen atoms in total. The van der Waals surface area contributed by atoms with Gasteiger partial charge in [-0.1, -0.05) is 11.6 Å². The second-order valence-corrected chi connectivity index (χ2v) is 5.05. The number of halogens is 1. The smallest absolute Gasteiger partial charge is 0.139 e. The number of pyridine rings is 1. The largest absolute Gasteiger partial charge is 0.496 e. The van der Waals surface area contributed by atoms with Crippen LogP contribution < -0.4 is 10.5 Å². The van der Waals surface area contributed by atoms with Gasteiger partial charge in [-0.05, 0) is 35.9 Å². The van der Waals surface area contributed by atoms with Gasteiger partial charge in [0.05, 0.1) is 13.7 Å². The molecule has 1 aromatic carbocycles. The number of fused-ring (bicyclic) bond motifs is 1. The van der Waals surface area contributed by atoms with Gasteiger partial charge in [0.15, 0.2) is 0 Å². The van der Waals surface area contributed by atoms with E-state index in [1.165, 1.54) is 0 Å². The highest BCUT2D eigenvalue weighted by molar-refractivity contribution is 6.31. The SMILES string of the molecule is COc1ccc(Cl)cc1-c1nc2cc(CO)ccn2c1N. The van der Waals surface area contributed by atoms with E-state index >= 15 is 0 Å². The highest BCUT2D eigenvalue weighted by Crippen LogP contribution is 2.35. The van der Waals surface area contributed by atoms with Crippen molar-refractivity contribution in [3.8, 4) is 17.0 Å². The normalized spacial score (nSPS) is 11.0. The Kier molecular flexibility index (Phi) is 3.45. The number of aliphatic hydroxyl groups is 1. The van der Waals surface area contributed by atoms with Gasteiger partial charge in [-0.25, -0.2) is 4.98 Å². The molecule has 0 aliphatic heterocycles. The van der Waals surface area contributed by atoms with Gasteiger partial charge in [0, 0.05) is 16.8 Å². The zero-order valence-electron chi connectivity index (χ0n) is 11.4. The Hall–Kier alpha value is -2.24. The van der Waals surface area contributed by atoms with Crippen LogP contribution in [0, 0.1) is 0 Å². The molecule has 3 N–H and O–H groups in total. The van der Waals surface area contributed by atoms with Crippen LogP contribution in [-0.2, 0) is 6.61 Å². The number of benzene rings is 1. The number of rotatable bonds is 3. The van der Waals surface area contributed by atoms with Gasteiger partial charge in [0.2, 0.25) is 0 Å². The van der Waals surface area contributed by atoms with Crippen LogP contribution in [0.3, 0.4) is 0 Å². The van der Waals surface area contributed by atoms with Crippen molar-refractivity contribution in [2.45, 2.75) is 6.61 Å². The molecule has 21 heavy (non-hydrogen) atoms. The number of nitrogen functional groups attached to an aromatic ring is 1. The standard InChI is InChI=1S/C15H14ClN3O2/c1-21-12-3-2-10(16)7-11(12)14-15(17)19-5-4-9(8-20)6-13(19)18-14/h2-7,20H,8,17H2,1H3. The van der Waals surface area contributed by atoms with E-state index in [2.05, 4.69) is 4.98 Å². The summed E-state index contributed by atoms with van der Waals surface area (Å²) in [5, 5.41) is 9.78. The summed E-state index contributed by atoms with van der Waals surface area (Å²) in [7, 11) is 1.59. The summed E-state index contributed by atoms with van der Waals surface area (Å²) in [6.07, 6.45) is 1.78. The molecule has 0 unspecified atom stereocenters. The maximum absolute atomic E-state index is 9.20. The number of imidazole rings is 1. The van der Waals surface area contributed by atoms with Crippen LogP contribution in [-0.4, -0.2) is 21.6 Å². The van der Waals surface area contributed by atoms with E-state index in [1.54, 1.807) is 48.0 Å². The third-order valence-electron chi connectivity index (χ3n) is 3.33. The summed E-state index contributed by atoms with van der Waals surface area (Å²) in [5.74, 6) is 1.15. The number of aromatic nitrogens is 2. The average molecular weight is 304 g/mol. The lowest BCUT2D eigenvalue weighted by molar-refractivity contribution is 0.282. The van der Waals surface area contributed by atoms with Crippen LogP contribution >= 0.6 is 11.6 Å². The van der Waals surface area contributed by atoms with E-state index < -0.39 is 0 Å². The summed E-state index contributed by atoms with van der Waals surface area (Å²) >= 11 is 6.06. The molecule has 2 heterocycles. The first-order valence-corrected chi connectivity index (χ1v) is 6.73. The van der Waals surface area contributed by atoms with Gasteiger partial charge in [0.1, 0.15) is 22.9 Å². The minimum atomic E-state index is -0.0426. The summed E-state index contributed by atoms with van der Waals surface area (Å²) < 4.78 is 7.11. The lowest BCUT2D eigenvalue weighted by Crippen LogP contribution is -1.96. The first-order valence-electron chi connectivity index (χ1n) is 6.35. The minimum Gasteiger partial charge on any atom is -0.496 e. The van der Waals surface area contributed by atoms with Crippen LogP contribution in [0.25, 0.3) is 16.9 Å². The molecule has 0 amide bonds. The number of aliphatic hydroxyl groups excluding tert-OH is 1. The lowest BCUT2D eigenvalue weighted by atomic mass is 10.1. The van der Waals surface area contributed by atoms with Gasteiger partial charge in [-0.2, -0.15) is 0 Å². The lowest BCUT2D eigenvalue weighted by Gasteiger charge is -2.07. The Bertz CT molecular complexity index is 814. The molecule has 0 bridgehead atoms. The average Bonchev–Trinajstić information content (AvgIpc) is 2.83. The molecule has 3 rings (SSSR count). The van der Waals surface area contributed by atoms with Crippen LogP contribution in [0.5, 0.6) is 5.75 Å². The van der Waals surface area contributed by atoms with Crippen LogP contribution in [0.2, 0.25) is 5.02 Å². The van der Waals surface area contributed by atoms with E-state index in [4.69, 9.17) is 22.1 Å². The second kappa shape index (κ2) is 5.27. The zero-order valence-corrected chi connectivity index (χ0v) is 12.1. The van der Waals surface area contributed by atoms with Crippen LogP contribution in [0.15, 0.2) is 36.5 Å². The van der Waals surface area contributed by atoms with Crippen molar-refractivity contribution in [2.75, 3.05) is 12.8 Å². The van der Waals surface area contributed by atoms with Crippen molar-refractivity contribution in [3.63, 3.8) is 0 Å². The number of ether oxygens (including phenoxy) is 1. The Morgan fingerprint density at radius 2 is 2.14 bits per heavy atom. The van der Waals surface area contributed by atoms with Crippen molar-refractivity contribution < 1.29 is 9.84 Å². The van der Waals surface area contributed by atoms with Crippen molar-refractivity contribution in [1.29, 1.82) is 0 Å². The monoisotopic (exact) mass is 303 g/mol. The van der Waals surface area contributed by atoms with Crippen LogP contribution in [0.4, 0.5) is 5.82 Å². The number of methoxy groups -OCH3 is 1. The number of nitrogens with zero attached hydrogens (tertiary/aromatic N) is 2. The number of hydrogen-bond donors (Lipinski definition) is 2. The predicted octanol–water partition coefficient (Wildman–Crippen LogP) is 2.74. The quantitative estimate of drug-likeness (QED) is 0.780. The third-order valence-corrected chi connectivity index (χ3v) is 3.56. The number of nitrogens with two attached hydrogens (primary N) is 1. The number of anilines is 1. The summed E-state index contributed by atoms with van der Waals surface area (Å²) in [5.41, 5.74) is 8.95. The molecule has 0 saturated heterocycles. The fraction of sp³-hybridized carbons (Fsp3) is 0.133. The molecule has 0 fully saturated rings. The molecule has 0 spiro atoms. The molecular formula is C15H14ClN3O2. The fourth-order valence-electron chi connectivity index (χ4n) is 2.27. The maximum Gasteiger partial charge on any atom is 0.139 e. The molecule has 0 aliphatic rings. The molecule has 6 heteroatoms. The first kappa shape index (κ1) is 13.7. The van der Waals surface area contributed by atoms with Gasteiger partial charge in [-0.15, -0.1) is 0 Å².